The third kappa shape index (κ3) is 5.52. The maximum atomic E-state index is 12.5. The number of ether oxygens (including phenoxy) is 1. The lowest BCUT2D eigenvalue weighted by molar-refractivity contribution is 0.0602. The van der Waals surface area contributed by atoms with Crippen molar-refractivity contribution in [3.63, 3.8) is 0 Å². The molecule has 138 valence electrons. The molecular weight excluding hydrogens is 334 g/mol. The Morgan fingerprint density at radius 3 is 2.69 bits per heavy atom. The number of nitrogens with one attached hydrogen (secondary N) is 2. The minimum Gasteiger partial charge on any atom is -0.465 e. The number of benzene rings is 1. The van der Waals surface area contributed by atoms with E-state index >= 15 is 0 Å². The highest BCUT2D eigenvalue weighted by atomic mass is 16.5. The molecule has 0 saturated carbocycles. The summed E-state index contributed by atoms with van der Waals surface area (Å²) in [6.45, 7) is 1.69. The Bertz CT molecular complexity index is 764. The minimum absolute atomic E-state index is 0.203. The molecule has 0 aliphatic heterocycles. The average molecular weight is 357 g/mol. The standard InChI is InChI=1S/C18H23N5O3/c1-23(2)10-6-9-19-16-11-15(20-12-21-16)17(24)22-14-8-5-4-7-13(14)18(25)26-3/h4-5,7-8,11-12H,6,9-10H2,1-3H3,(H,22,24)(H,19,20,21). The van der Waals surface area contributed by atoms with Crippen molar-refractivity contribution in [1.29, 1.82) is 0 Å². The zero-order valence-electron chi connectivity index (χ0n) is 15.2. The molecule has 2 N–H and O–H groups in total. The van der Waals surface area contributed by atoms with E-state index in [1.807, 2.05) is 14.1 Å². The number of hydrogen-bond acceptors (Lipinski definition) is 7. The summed E-state index contributed by atoms with van der Waals surface area (Å²) in [7, 11) is 5.32. The lowest BCUT2D eigenvalue weighted by atomic mass is 10.1. The van der Waals surface area contributed by atoms with Crippen LogP contribution < -0.4 is 10.6 Å². The van der Waals surface area contributed by atoms with Crippen LogP contribution in [0, 0.1) is 0 Å². The van der Waals surface area contributed by atoms with Crippen molar-refractivity contribution in [2.24, 2.45) is 0 Å². The van der Waals surface area contributed by atoms with E-state index < -0.39 is 11.9 Å². The van der Waals surface area contributed by atoms with E-state index in [4.69, 9.17) is 4.74 Å². The van der Waals surface area contributed by atoms with Gasteiger partial charge in [0.25, 0.3) is 5.91 Å². The molecule has 0 bridgehead atoms. The van der Waals surface area contributed by atoms with Gasteiger partial charge in [-0.3, -0.25) is 4.79 Å². The molecule has 0 unspecified atom stereocenters. The summed E-state index contributed by atoms with van der Waals surface area (Å²) in [5, 5.41) is 5.85. The van der Waals surface area contributed by atoms with Crippen LogP contribution in [0.4, 0.5) is 11.5 Å². The van der Waals surface area contributed by atoms with E-state index in [0.717, 1.165) is 19.5 Å². The number of para-hydroxylation sites is 1. The van der Waals surface area contributed by atoms with Gasteiger partial charge < -0.3 is 20.3 Å². The lowest BCUT2D eigenvalue weighted by Gasteiger charge is -2.11. The average Bonchev–Trinajstić information content (AvgIpc) is 2.65. The van der Waals surface area contributed by atoms with Crippen LogP contribution in [0.15, 0.2) is 36.7 Å². The Kier molecular flexibility index (Phi) is 7.04. The lowest BCUT2D eigenvalue weighted by Crippen LogP contribution is -2.18. The normalized spacial score (nSPS) is 10.5. The maximum Gasteiger partial charge on any atom is 0.339 e. The molecule has 26 heavy (non-hydrogen) atoms. The highest BCUT2D eigenvalue weighted by Crippen LogP contribution is 2.17. The van der Waals surface area contributed by atoms with E-state index in [0.29, 0.717) is 11.5 Å². The molecule has 0 saturated heterocycles. The summed E-state index contributed by atoms with van der Waals surface area (Å²) in [6.07, 6.45) is 2.28. The molecule has 0 spiro atoms. The second-order valence-electron chi connectivity index (χ2n) is 5.86. The molecule has 1 aromatic heterocycles. The molecule has 0 fully saturated rings. The van der Waals surface area contributed by atoms with Gasteiger partial charge in [-0.2, -0.15) is 0 Å². The van der Waals surface area contributed by atoms with Crippen LogP contribution in [0.5, 0.6) is 0 Å². The number of hydrogen-bond donors (Lipinski definition) is 2. The van der Waals surface area contributed by atoms with Crippen LogP contribution in [0.3, 0.4) is 0 Å². The molecule has 0 aliphatic rings. The molecule has 8 heteroatoms. The van der Waals surface area contributed by atoms with Gasteiger partial charge in [0.1, 0.15) is 17.8 Å². The smallest absolute Gasteiger partial charge is 0.339 e. The van der Waals surface area contributed by atoms with Gasteiger partial charge in [-0.25, -0.2) is 14.8 Å². The molecule has 1 amide bonds. The third-order valence-corrected chi connectivity index (χ3v) is 3.57. The van der Waals surface area contributed by atoms with Crippen LogP contribution in [0.2, 0.25) is 0 Å². The van der Waals surface area contributed by atoms with Gasteiger partial charge in [-0.1, -0.05) is 12.1 Å². The van der Waals surface area contributed by atoms with E-state index in [1.165, 1.54) is 13.4 Å². The van der Waals surface area contributed by atoms with Crippen LogP contribution in [-0.2, 0) is 4.74 Å². The number of esters is 1. The SMILES string of the molecule is COC(=O)c1ccccc1NC(=O)c1cc(NCCCN(C)C)ncn1. The summed E-state index contributed by atoms with van der Waals surface area (Å²) in [6, 6.07) is 8.21. The topological polar surface area (TPSA) is 96.4 Å². The number of amides is 1. The fourth-order valence-electron chi connectivity index (χ4n) is 2.26. The maximum absolute atomic E-state index is 12.5. The van der Waals surface area contributed by atoms with E-state index in [1.54, 1.807) is 30.3 Å². The highest BCUT2D eigenvalue weighted by molar-refractivity contribution is 6.07. The molecule has 2 aromatic rings. The van der Waals surface area contributed by atoms with Crippen molar-refractivity contribution in [2.45, 2.75) is 6.42 Å². The number of nitrogens with zero attached hydrogens (tertiary/aromatic N) is 3. The molecular formula is C18H23N5O3. The van der Waals surface area contributed by atoms with Gasteiger partial charge in [0.05, 0.1) is 18.4 Å². The second kappa shape index (κ2) is 9.47. The number of carbonyl (C=O) groups is 2. The van der Waals surface area contributed by atoms with E-state index in [2.05, 4.69) is 25.5 Å². The van der Waals surface area contributed by atoms with Crippen LogP contribution in [0.1, 0.15) is 27.3 Å². The molecule has 8 nitrogen and oxygen atoms in total. The van der Waals surface area contributed by atoms with Gasteiger partial charge in [-0.05, 0) is 39.2 Å². The van der Waals surface area contributed by atoms with Crippen molar-refractivity contribution in [3.05, 3.63) is 47.9 Å². The van der Waals surface area contributed by atoms with Crippen molar-refractivity contribution < 1.29 is 14.3 Å². The van der Waals surface area contributed by atoms with Crippen molar-refractivity contribution in [3.8, 4) is 0 Å². The minimum atomic E-state index is -0.521. The van der Waals surface area contributed by atoms with E-state index in [9.17, 15) is 9.59 Å². The molecule has 2 rings (SSSR count). The van der Waals surface area contributed by atoms with Crippen molar-refractivity contribution in [2.75, 3.05) is 44.9 Å². The Morgan fingerprint density at radius 2 is 1.96 bits per heavy atom. The molecule has 1 aromatic carbocycles. The molecule has 1 heterocycles. The summed E-state index contributed by atoms with van der Waals surface area (Å²) < 4.78 is 4.73. The highest BCUT2D eigenvalue weighted by Gasteiger charge is 2.15. The van der Waals surface area contributed by atoms with Gasteiger partial charge >= 0.3 is 5.97 Å². The summed E-state index contributed by atoms with van der Waals surface area (Å²) in [4.78, 5) is 34.5. The predicted octanol–water partition coefficient (Wildman–Crippen LogP) is 1.88. The molecule has 0 aliphatic carbocycles. The zero-order valence-corrected chi connectivity index (χ0v) is 15.2. The first-order chi connectivity index (χ1) is 12.5. The van der Waals surface area contributed by atoms with Gasteiger partial charge in [-0.15, -0.1) is 0 Å². The van der Waals surface area contributed by atoms with Crippen LogP contribution in [-0.4, -0.2) is 61.0 Å². The summed E-state index contributed by atoms with van der Waals surface area (Å²) >= 11 is 0. The third-order valence-electron chi connectivity index (χ3n) is 3.57. The first kappa shape index (κ1) is 19.3. The predicted molar refractivity (Wildman–Crippen MR) is 99.4 cm³/mol. The Balaban J connectivity index is 2.04. The number of aromatic nitrogens is 2. The first-order valence-electron chi connectivity index (χ1n) is 8.20. The van der Waals surface area contributed by atoms with Gasteiger partial charge in [0.15, 0.2) is 0 Å². The largest absolute Gasteiger partial charge is 0.465 e. The van der Waals surface area contributed by atoms with Crippen LogP contribution >= 0.6 is 0 Å². The first-order valence-corrected chi connectivity index (χ1v) is 8.20. The van der Waals surface area contributed by atoms with Crippen molar-refractivity contribution in [1.82, 2.24) is 14.9 Å². The number of carbonyl (C=O) groups excluding carboxylic acids is 2. The fourth-order valence-corrected chi connectivity index (χ4v) is 2.26. The Morgan fingerprint density at radius 1 is 1.19 bits per heavy atom. The van der Waals surface area contributed by atoms with E-state index in [-0.39, 0.29) is 11.3 Å². The van der Waals surface area contributed by atoms with Crippen molar-refractivity contribution >= 4 is 23.4 Å². The quantitative estimate of drug-likeness (QED) is 0.550. The number of anilines is 2. The van der Waals surface area contributed by atoms with Gasteiger partial charge in [0.2, 0.25) is 0 Å². The Labute approximate surface area is 152 Å². The molecule has 0 radical (unpaired) electrons. The monoisotopic (exact) mass is 357 g/mol. The fraction of sp³-hybridized carbons (Fsp3) is 0.333. The molecule has 0 atom stereocenters. The number of rotatable bonds is 8. The second-order valence-corrected chi connectivity index (χ2v) is 5.86. The summed E-state index contributed by atoms with van der Waals surface area (Å²) in [5.74, 6) is -0.378. The van der Waals surface area contributed by atoms with Gasteiger partial charge in [0, 0.05) is 12.6 Å². The Hall–Kier alpha value is -3.00. The van der Waals surface area contributed by atoms with Crippen LogP contribution in [0.25, 0.3) is 0 Å². The zero-order chi connectivity index (χ0) is 18.9. The summed E-state index contributed by atoms with van der Waals surface area (Å²) in [5.41, 5.74) is 0.845. The number of methoxy groups -OCH3 is 1.